The topological polar surface area (TPSA) is 64.4 Å². The zero-order valence-corrected chi connectivity index (χ0v) is 9.82. The minimum absolute atomic E-state index is 0.372. The predicted molar refractivity (Wildman–Crippen MR) is 62.7 cm³/mol. The van der Waals surface area contributed by atoms with E-state index in [1.807, 2.05) is 6.92 Å². The van der Waals surface area contributed by atoms with E-state index in [0.717, 1.165) is 6.54 Å². The number of esters is 1. The second-order valence-electron chi connectivity index (χ2n) is 3.56. The van der Waals surface area contributed by atoms with Crippen LogP contribution in [0.15, 0.2) is 22.6 Å². The SMILES string of the molecule is CCNCc1nc2cc(C(=O)OC)ccc2o1. The number of oxazole rings is 1. The fraction of sp³-hybridized carbons (Fsp3) is 0.333. The molecular weight excluding hydrogens is 220 g/mol. The molecule has 0 unspecified atom stereocenters. The highest BCUT2D eigenvalue weighted by atomic mass is 16.5. The number of rotatable bonds is 4. The zero-order valence-electron chi connectivity index (χ0n) is 9.82. The van der Waals surface area contributed by atoms with E-state index in [1.165, 1.54) is 7.11 Å². The van der Waals surface area contributed by atoms with Crippen molar-refractivity contribution < 1.29 is 13.9 Å². The largest absolute Gasteiger partial charge is 0.465 e. The van der Waals surface area contributed by atoms with Gasteiger partial charge in [0.1, 0.15) is 5.52 Å². The molecule has 5 heteroatoms. The minimum atomic E-state index is -0.372. The highest BCUT2D eigenvalue weighted by Gasteiger charge is 2.10. The number of nitrogens with one attached hydrogen (secondary N) is 1. The average molecular weight is 234 g/mol. The Morgan fingerprint density at radius 2 is 2.35 bits per heavy atom. The fourth-order valence-corrected chi connectivity index (χ4v) is 1.53. The van der Waals surface area contributed by atoms with Crippen molar-refractivity contribution >= 4 is 17.1 Å². The van der Waals surface area contributed by atoms with Gasteiger partial charge in [-0.1, -0.05) is 6.92 Å². The van der Waals surface area contributed by atoms with Crippen molar-refractivity contribution in [3.8, 4) is 0 Å². The third-order valence-electron chi connectivity index (χ3n) is 2.38. The molecule has 0 aliphatic rings. The van der Waals surface area contributed by atoms with Gasteiger partial charge in [-0.15, -0.1) is 0 Å². The van der Waals surface area contributed by atoms with E-state index in [9.17, 15) is 4.79 Å². The van der Waals surface area contributed by atoms with Crippen LogP contribution in [0.5, 0.6) is 0 Å². The quantitative estimate of drug-likeness (QED) is 0.816. The summed E-state index contributed by atoms with van der Waals surface area (Å²) in [7, 11) is 1.35. The van der Waals surface area contributed by atoms with Gasteiger partial charge in [0.25, 0.3) is 0 Å². The van der Waals surface area contributed by atoms with Crippen LogP contribution < -0.4 is 5.32 Å². The zero-order chi connectivity index (χ0) is 12.3. The summed E-state index contributed by atoms with van der Waals surface area (Å²) in [6.45, 7) is 3.45. The average Bonchev–Trinajstić information content (AvgIpc) is 2.76. The van der Waals surface area contributed by atoms with Gasteiger partial charge >= 0.3 is 5.97 Å². The second kappa shape index (κ2) is 4.97. The molecule has 0 fully saturated rings. The van der Waals surface area contributed by atoms with Gasteiger partial charge in [-0.3, -0.25) is 0 Å². The molecule has 5 nitrogen and oxygen atoms in total. The van der Waals surface area contributed by atoms with Crippen LogP contribution in [0.1, 0.15) is 23.2 Å². The lowest BCUT2D eigenvalue weighted by Gasteiger charge is -1.96. The van der Waals surface area contributed by atoms with E-state index in [2.05, 4.69) is 15.0 Å². The summed E-state index contributed by atoms with van der Waals surface area (Å²) in [5.74, 6) is 0.243. The molecule has 1 aromatic carbocycles. The molecule has 0 aliphatic carbocycles. The van der Waals surface area contributed by atoms with Crippen molar-refractivity contribution in [2.45, 2.75) is 13.5 Å². The van der Waals surface area contributed by atoms with Gasteiger partial charge in [0, 0.05) is 0 Å². The van der Waals surface area contributed by atoms with E-state index in [1.54, 1.807) is 18.2 Å². The Balaban J connectivity index is 2.31. The molecule has 17 heavy (non-hydrogen) atoms. The Hall–Kier alpha value is -1.88. The second-order valence-corrected chi connectivity index (χ2v) is 3.56. The van der Waals surface area contributed by atoms with Gasteiger partial charge in [-0.25, -0.2) is 9.78 Å². The standard InChI is InChI=1S/C12H14N2O3/c1-3-13-7-11-14-9-6-8(12(15)16-2)4-5-10(9)17-11/h4-6,13H,3,7H2,1-2H3. The Bertz CT molecular complexity index is 534. The van der Waals surface area contributed by atoms with Crippen LogP contribution in [0.2, 0.25) is 0 Å². The number of ether oxygens (including phenoxy) is 1. The lowest BCUT2D eigenvalue weighted by atomic mass is 10.2. The number of hydrogen-bond acceptors (Lipinski definition) is 5. The number of benzene rings is 1. The molecule has 0 spiro atoms. The molecule has 0 atom stereocenters. The fourth-order valence-electron chi connectivity index (χ4n) is 1.53. The maximum Gasteiger partial charge on any atom is 0.337 e. The van der Waals surface area contributed by atoms with Gasteiger partial charge < -0.3 is 14.5 Å². The van der Waals surface area contributed by atoms with E-state index < -0.39 is 0 Å². The number of aromatic nitrogens is 1. The molecule has 1 aromatic heterocycles. The maximum atomic E-state index is 11.3. The highest BCUT2D eigenvalue weighted by molar-refractivity contribution is 5.93. The van der Waals surface area contributed by atoms with Crippen LogP contribution in [-0.2, 0) is 11.3 Å². The van der Waals surface area contributed by atoms with Gasteiger partial charge in [-0.05, 0) is 24.7 Å². The summed E-state index contributed by atoms with van der Waals surface area (Å²) in [6.07, 6.45) is 0. The first-order valence-corrected chi connectivity index (χ1v) is 5.43. The third kappa shape index (κ3) is 2.45. The monoisotopic (exact) mass is 234 g/mol. The number of fused-ring (bicyclic) bond motifs is 1. The van der Waals surface area contributed by atoms with Crippen molar-refractivity contribution in [2.75, 3.05) is 13.7 Å². The van der Waals surface area contributed by atoms with E-state index in [0.29, 0.717) is 29.1 Å². The normalized spacial score (nSPS) is 10.7. The van der Waals surface area contributed by atoms with Crippen LogP contribution in [0.4, 0.5) is 0 Å². The van der Waals surface area contributed by atoms with Crippen molar-refractivity contribution in [3.63, 3.8) is 0 Å². The first kappa shape index (κ1) is 11.6. The summed E-state index contributed by atoms with van der Waals surface area (Å²) in [5.41, 5.74) is 1.81. The van der Waals surface area contributed by atoms with Crippen molar-refractivity contribution in [1.29, 1.82) is 0 Å². The van der Waals surface area contributed by atoms with Gasteiger partial charge in [-0.2, -0.15) is 0 Å². The van der Waals surface area contributed by atoms with E-state index in [4.69, 9.17) is 4.42 Å². The Kier molecular flexibility index (Phi) is 3.39. The molecule has 0 radical (unpaired) electrons. The Morgan fingerprint density at radius 3 is 3.06 bits per heavy atom. The number of nitrogens with zero attached hydrogens (tertiary/aromatic N) is 1. The minimum Gasteiger partial charge on any atom is -0.465 e. The molecule has 0 bridgehead atoms. The van der Waals surface area contributed by atoms with Crippen LogP contribution in [0.25, 0.3) is 11.1 Å². The molecule has 2 aromatic rings. The lowest BCUT2D eigenvalue weighted by molar-refractivity contribution is 0.0601. The number of methoxy groups -OCH3 is 1. The summed E-state index contributed by atoms with van der Waals surface area (Å²) in [6, 6.07) is 5.06. The molecule has 1 N–H and O–H groups in total. The first-order chi connectivity index (χ1) is 8.24. The molecule has 0 saturated carbocycles. The Morgan fingerprint density at radius 1 is 1.53 bits per heavy atom. The van der Waals surface area contributed by atoms with Crippen LogP contribution in [-0.4, -0.2) is 24.6 Å². The number of carbonyl (C=O) groups excluding carboxylic acids is 1. The lowest BCUT2D eigenvalue weighted by Crippen LogP contribution is -2.11. The van der Waals surface area contributed by atoms with Crippen LogP contribution >= 0.6 is 0 Å². The number of carbonyl (C=O) groups is 1. The molecule has 1 heterocycles. The summed E-state index contributed by atoms with van der Waals surface area (Å²) < 4.78 is 10.2. The summed E-state index contributed by atoms with van der Waals surface area (Å²) in [4.78, 5) is 15.6. The van der Waals surface area contributed by atoms with Crippen molar-refractivity contribution in [3.05, 3.63) is 29.7 Å². The molecule has 2 rings (SSSR count). The summed E-state index contributed by atoms with van der Waals surface area (Å²) >= 11 is 0. The van der Waals surface area contributed by atoms with E-state index >= 15 is 0 Å². The molecular formula is C12H14N2O3. The molecule has 90 valence electrons. The first-order valence-electron chi connectivity index (χ1n) is 5.43. The van der Waals surface area contributed by atoms with Crippen LogP contribution in [0.3, 0.4) is 0 Å². The van der Waals surface area contributed by atoms with Crippen molar-refractivity contribution in [1.82, 2.24) is 10.3 Å². The van der Waals surface area contributed by atoms with Crippen LogP contribution in [0, 0.1) is 0 Å². The predicted octanol–water partition coefficient (Wildman–Crippen LogP) is 1.72. The number of hydrogen-bond donors (Lipinski definition) is 1. The smallest absolute Gasteiger partial charge is 0.337 e. The molecule has 0 saturated heterocycles. The van der Waals surface area contributed by atoms with Gasteiger partial charge in [0.05, 0.1) is 19.2 Å². The maximum absolute atomic E-state index is 11.3. The summed E-state index contributed by atoms with van der Waals surface area (Å²) in [5, 5.41) is 3.13. The highest BCUT2D eigenvalue weighted by Crippen LogP contribution is 2.17. The van der Waals surface area contributed by atoms with Crippen molar-refractivity contribution in [2.24, 2.45) is 0 Å². The molecule has 0 aliphatic heterocycles. The van der Waals surface area contributed by atoms with Gasteiger partial charge in [0.2, 0.25) is 5.89 Å². The third-order valence-corrected chi connectivity index (χ3v) is 2.38. The van der Waals surface area contributed by atoms with Gasteiger partial charge in [0.15, 0.2) is 5.58 Å². The van der Waals surface area contributed by atoms with E-state index in [-0.39, 0.29) is 5.97 Å². The Labute approximate surface area is 98.8 Å². The molecule has 0 amide bonds.